The summed E-state index contributed by atoms with van der Waals surface area (Å²) in [5, 5.41) is 2.22. The largest absolute Gasteiger partial charge is 2.00 e. The molecule has 8 aromatic rings. The van der Waals surface area contributed by atoms with Gasteiger partial charge in [0.25, 0.3) is 0 Å². The molecule has 8 heteroatoms. The van der Waals surface area contributed by atoms with E-state index in [1.807, 2.05) is 54.7 Å². The van der Waals surface area contributed by atoms with Gasteiger partial charge in [-0.3, -0.25) is 0 Å². The van der Waals surface area contributed by atoms with E-state index in [1.54, 1.807) is 6.20 Å². The molecule has 282 valence electrons. The number of aryl methyl sites for hydroxylation is 3. The van der Waals surface area contributed by atoms with Crippen molar-refractivity contribution in [3.63, 3.8) is 0 Å². The molecule has 56 heavy (non-hydrogen) atoms. The SMILES string of the molecule is Cc1cnc(-c2[c-]c(Oc3[c-]c4c(cc3)c3ccccc3n4-c3ccccn3)ccc2)cc1-c1c(C)cc(-c2nc(C(C)(C)C)nc(C(C)(C)C)n2)cc1C.[Pt+2]. The van der Waals surface area contributed by atoms with E-state index in [4.69, 9.17) is 24.7 Å². The first-order valence-electron chi connectivity index (χ1n) is 18.7. The fraction of sp³-hybridized carbons (Fsp3) is 0.229. The van der Waals surface area contributed by atoms with Crippen molar-refractivity contribution < 1.29 is 25.8 Å². The third-order valence-electron chi connectivity index (χ3n) is 9.84. The van der Waals surface area contributed by atoms with Crippen molar-refractivity contribution in [2.24, 2.45) is 0 Å². The number of para-hydroxylation sites is 1. The maximum atomic E-state index is 6.44. The van der Waals surface area contributed by atoms with Crippen molar-refractivity contribution in [2.75, 3.05) is 0 Å². The maximum Gasteiger partial charge on any atom is 2.00 e. The topological polar surface area (TPSA) is 78.6 Å². The third kappa shape index (κ3) is 7.41. The van der Waals surface area contributed by atoms with Gasteiger partial charge in [-0.15, -0.1) is 41.3 Å². The Hall–Kier alpha value is -5.52. The minimum absolute atomic E-state index is 0. The number of pyridine rings is 2. The van der Waals surface area contributed by atoms with Crippen molar-refractivity contribution in [2.45, 2.75) is 73.1 Å². The standard InChI is InChI=1S/C48H44N6O.Pt/c1-29-23-33(44-51-45(47(4,5)6)53-46(52-44)48(7,8)9)24-30(2)43(29)38-27-39(50-28-31(38)3)32-15-14-16-34(25-32)55-35-20-21-37-36-17-10-11-18-40(36)54(41(37)26-35)42-19-12-13-22-49-42;/h10-24,27-28H,1-9H3;/q-2;+2. The zero-order valence-corrected chi connectivity index (χ0v) is 35.5. The van der Waals surface area contributed by atoms with Crippen LogP contribution < -0.4 is 4.74 Å². The van der Waals surface area contributed by atoms with E-state index >= 15 is 0 Å². The Morgan fingerprint density at radius 2 is 1.30 bits per heavy atom. The van der Waals surface area contributed by atoms with E-state index in [9.17, 15) is 0 Å². The Labute approximate surface area is 343 Å². The summed E-state index contributed by atoms with van der Waals surface area (Å²) in [7, 11) is 0. The third-order valence-corrected chi connectivity index (χ3v) is 9.84. The van der Waals surface area contributed by atoms with E-state index < -0.39 is 0 Å². The first-order valence-corrected chi connectivity index (χ1v) is 18.7. The van der Waals surface area contributed by atoms with Gasteiger partial charge in [-0.2, -0.15) is 6.07 Å². The quantitative estimate of drug-likeness (QED) is 0.155. The van der Waals surface area contributed by atoms with Crippen LogP contribution in [0.1, 0.15) is 69.9 Å². The summed E-state index contributed by atoms with van der Waals surface area (Å²) in [5.74, 6) is 4.29. The van der Waals surface area contributed by atoms with Crippen molar-refractivity contribution in [1.29, 1.82) is 0 Å². The van der Waals surface area contributed by atoms with Crippen molar-refractivity contribution >= 4 is 21.8 Å². The maximum absolute atomic E-state index is 6.44. The van der Waals surface area contributed by atoms with Crippen LogP contribution in [0, 0.1) is 32.9 Å². The number of nitrogens with zero attached hydrogens (tertiary/aromatic N) is 6. The number of hydrogen-bond donors (Lipinski definition) is 0. The molecule has 7 nitrogen and oxygen atoms in total. The first-order chi connectivity index (χ1) is 26.2. The molecule has 0 amide bonds. The molecule has 4 heterocycles. The van der Waals surface area contributed by atoms with Crippen LogP contribution in [0.5, 0.6) is 11.5 Å². The molecule has 0 saturated heterocycles. The second-order valence-corrected chi connectivity index (χ2v) is 16.3. The Balaban J connectivity index is 0.00000480. The molecule has 0 aliphatic heterocycles. The van der Waals surface area contributed by atoms with Gasteiger partial charge in [0.2, 0.25) is 0 Å². The summed E-state index contributed by atoms with van der Waals surface area (Å²) in [4.78, 5) is 24.3. The van der Waals surface area contributed by atoms with Gasteiger partial charge in [0.1, 0.15) is 17.5 Å². The molecule has 0 fully saturated rings. The van der Waals surface area contributed by atoms with Crippen LogP contribution in [0.3, 0.4) is 0 Å². The van der Waals surface area contributed by atoms with Crippen LogP contribution in [0.15, 0.2) is 103 Å². The van der Waals surface area contributed by atoms with Gasteiger partial charge in [0.05, 0.1) is 0 Å². The average molecular weight is 916 g/mol. The van der Waals surface area contributed by atoms with Gasteiger partial charge in [-0.05, 0) is 90.0 Å². The summed E-state index contributed by atoms with van der Waals surface area (Å²) in [6.45, 7) is 19.3. The average Bonchev–Trinajstić information content (AvgIpc) is 3.48. The predicted molar refractivity (Wildman–Crippen MR) is 222 cm³/mol. The van der Waals surface area contributed by atoms with Crippen LogP contribution in [0.4, 0.5) is 0 Å². The molecule has 0 atom stereocenters. The van der Waals surface area contributed by atoms with Crippen molar-refractivity contribution in [3.8, 4) is 51.1 Å². The second kappa shape index (κ2) is 14.9. The van der Waals surface area contributed by atoms with Crippen molar-refractivity contribution in [3.05, 3.63) is 144 Å². The fourth-order valence-electron chi connectivity index (χ4n) is 7.07. The van der Waals surface area contributed by atoms with Gasteiger partial charge < -0.3 is 14.3 Å². The van der Waals surface area contributed by atoms with E-state index in [2.05, 4.69) is 126 Å². The summed E-state index contributed by atoms with van der Waals surface area (Å²) >= 11 is 0. The zero-order valence-electron chi connectivity index (χ0n) is 33.2. The van der Waals surface area contributed by atoms with Crippen LogP contribution in [-0.4, -0.2) is 29.5 Å². The Bertz CT molecular complexity index is 2690. The molecule has 0 bridgehead atoms. The van der Waals surface area contributed by atoms with Crippen LogP contribution in [0.25, 0.3) is 61.4 Å². The van der Waals surface area contributed by atoms with Crippen LogP contribution in [0.2, 0.25) is 0 Å². The molecule has 0 aliphatic carbocycles. The van der Waals surface area contributed by atoms with Crippen molar-refractivity contribution in [1.82, 2.24) is 29.5 Å². The van der Waals surface area contributed by atoms with Gasteiger partial charge in [0, 0.05) is 45.8 Å². The first kappa shape index (κ1) is 38.7. The normalized spacial score (nSPS) is 11.9. The summed E-state index contributed by atoms with van der Waals surface area (Å²) in [6.07, 6.45) is 3.75. The van der Waals surface area contributed by atoms with Gasteiger partial charge in [-0.25, -0.2) is 19.9 Å². The molecular weight excluding hydrogens is 872 g/mol. The molecule has 0 saturated carbocycles. The number of fused-ring (bicyclic) bond motifs is 3. The fourth-order valence-corrected chi connectivity index (χ4v) is 7.07. The minimum Gasteiger partial charge on any atom is -0.503 e. The Morgan fingerprint density at radius 1 is 0.625 bits per heavy atom. The smallest absolute Gasteiger partial charge is 0.503 e. The number of rotatable bonds is 6. The molecule has 8 rings (SSSR count). The Morgan fingerprint density at radius 3 is 1.98 bits per heavy atom. The minimum atomic E-state index is -0.209. The predicted octanol–water partition coefficient (Wildman–Crippen LogP) is 11.7. The van der Waals surface area contributed by atoms with E-state index in [-0.39, 0.29) is 31.9 Å². The summed E-state index contributed by atoms with van der Waals surface area (Å²) in [5.41, 5.74) is 9.83. The van der Waals surface area contributed by atoms with Crippen LogP contribution in [-0.2, 0) is 31.9 Å². The number of ether oxygens (including phenoxy) is 1. The molecule has 4 aromatic carbocycles. The second-order valence-electron chi connectivity index (χ2n) is 16.3. The van der Waals surface area contributed by atoms with Gasteiger partial charge in [-0.1, -0.05) is 83.5 Å². The number of hydrogen-bond acceptors (Lipinski definition) is 6. The molecule has 4 aromatic heterocycles. The molecule has 0 N–H and O–H groups in total. The van der Waals surface area contributed by atoms with E-state index in [1.165, 1.54) is 5.56 Å². The molecule has 0 aliphatic rings. The summed E-state index contributed by atoms with van der Waals surface area (Å²) < 4.78 is 8.56. The number of benzene rings is 4. The zero-order chi connectivity index (χ0) is 38.6. The van der Waals surface area contributed by atoms with Gasteiger partial charge in [0.15, 0.2) is 5.82 Å². The molecular formula is C48H44N6OPt. The molecule has 0 spiro atoms. The van der Waals surface area contributed by atoms with Crippen LogP contribution >= 0.6 is 0 Å². The Kier molecular flexibility index (Phi) is 10.3. The number of aromatic nitrogens is 6. The monoisotopic (exact) mass is 915 g/mol. The summed E-state index contributed by atoms with van der Waals surface area (Å²) in [6, 6.07) is 37.8. The molecule has 0 radical (unpaired) electrons. The van der Waals surface area contributed by atoms with E-state index in [0.29, 0.717) is 17.3 Å². The van der Waals surface area contributed by atoms with E-state index in [0.717, 1.165) is 78.3 Å². The molecule has 0 unspecified atom stereocenters. The van der Waals surface area contributed by atoms with Gasteiger partial charge >= 0.3 is 21.1 Å².